The zero-order valence-electron chi connectivity index (χ0n) is 17.2. The molecule has 0 saturated carbocycles. The molecule has 6 nitrogen and oxygen atoms in total. The van der Waals surface area contributed by atoms with E-state index in [1.165, 1.54) is 5.56 Å². The Labute approximate surface area is 184 Å². The van der Waals surface area contributed by atoms with Crippen LogP contribution in [0.4, 0.5) is 0 Å². The Kier molecular flexibility index (Phi) is 5.42. The molecule has 1 aliphatic rings. The molecule has 1 atom stereocenters. The van der Waals surface area contributed by atoms with Gasteiger partial charge in [0, 0.05) is 30.1 Å². The van der Waals surface area contributed by atoms with E-state index < -0.39 is 0 Å². The predicted octanol–water partition coefficient (Wildman–Crippen LogP) is 3.71. The lowest BCUT2D eigenvalue weighted by Crippen LogP contribution is -2.42. The number of amides is 1. The molecule has 1 aromatic carbocycles. The van der Waals surface area contributed by atoms with Crippen LogP contribution in [0.25, 0.3) is 11.2 Å². The van der Waals surface area contributed by atoms with Crippen molar-refractivity contribution < 1.29 is 4.79 Å². The van der Waals surface area contributed by atoms with Crippen LogP contribution in [0.2, 0.25) is 0 Å². The lowest BCUT2D eigenvalue weighted by molar-refractivity contribution is -0.133. The van der Waals surface area contributed by atoms with Gasteiger partial charge in [0.05, 0.1) is 12.1 Å². The summed E-state index contributed by atoms with van der Waals surface area (Å²) in [5.74, 6) is 0.333. The molecule has 1 fully saturated rings. The highest BCUT2D eigenvalue weighted by Gasteiger charge is 2.26. The first-order valence-electron chi connectivity index (χ1n) is 10.6. The van der Waals surface area contributed by atoms with Crippen molar-refractivity contribution in [2.45, 2.75) is 31.8 Å². The Balaban J connectivity index is 1.41. The summed E-state index contributed by atoms with van der Waals surface area (Å²) in [6.45, 7) is 1.94. The summed E-state index contributed by atoms with van der Waals surface area (Å²) >= 11 is 1.61. The second kappa shape index (κ2) is 8.51. The van der Waals surface area contributed by atoms with Crippen molar-refractivity contribution in [3.05, 3.63) is 87.1 Å². The molecule has 0 bridgehead atoms. The highest BCUT2D eigenvalue weighted by molar-refractivity contribution is 7.09. The third kappa shape index (κ3) is 3.93. The monoisotopic (exact) mass is 432 g/mol. The standard InChI is InChI=1S/C24H24N4O2S/c29-22(26-13-5-9-19(15-26)18-7-2-1-3-8-18)17-27-21-11-4-12-25-23(21)28(24(27)30)16-20-10-6-14-31-20/h1-4,6-8,10-12,14,19H,5,9,13,15-17H2/t19-/m1/s1. The maximum Gasteiger partial charge on any atom is 0.331 e. The van der Waals surface area contributed by atoms with Gasteiger partial charge in [-0.05, 0) is 42.0 Å². The van der Waals surface area contributed by atoms with Crippen LogP contribution in [0.3, 0.4) is 0 Å². The second-order valence-corrected chi connectivity index (χ2v) is 9.00. The number of hydrogen-bond donors (Lipinski definition) is 0. The molecule has 0 unspecified atom stereocenters. The van der Waals surface area contributed by atoms with Gasteiger partial charge in [0.25, 0.3) is 0 Å². The zero-order chi connectivity index (χ0) is 21.2. The number of piperidine rings is 1. The molecule has 4 heterocycles. The van der Waals surface area contributed by atoms with Gasteiger partial charge in [-0.15, -0.1) is 11.3 Å². The van der Waals surface area contributed by atoms with Crippen LogP contribution >= 0.6 is 11.3 Å². The summed E-state index contributed by atoms with van der Waals surface area (Å²) in [7, 11) is 0. The van der Waals surface area contributed by atoms with E-state index in [0.717, 1.165) is 24.3 Å². The van der Waals surface area contributed by atoms with Gasteiger partial charge in [0.1, 0.15) is 6.54 Å². The summed E-state index contributed by atoms with van der Waals surface area (Å²) < 4.78 is 3.24. The number of benzene rings is 1. The van der Waals surface area contributed by atoms with E-state index in [9.17, 15) is 9.59 Å². The number of likely N-dealkylation sites (tertiary alicyclic amines) is 1. The Hall–Kier alpha value is -3.19. The summed E-state index contributed by atoms with van der Waals surface area (Å²) in [6.07, 6.45) is 3.74. The van der Waals surface area contributed by atoms with E-state index in [1.807, 2.05) is 52.7 Å². The fourth-order valence-electron chi connectivity index (χ4n) is 4.44. The fourth-order valence-corrected chi connectivity index (χ4v) is 5.13. The van der Waals surface area contributed by atoms with E-state index in [0.29, 0.717) is 30.2 Å². The largest absolute Gasteiger partial charge is 0.341 e. The maximum atomic E-state index is 13.2. The van der Waals surface area contributed by atoms with Gasteiger partial charge in [-0.1, -0.05) is 36.4 Å². The average molecular weight is 433 g/mol. The molecule has 1 aliphatic heterocycles. The van der Waals surface area contributed by atoms with Crippen molar-refractivity contribution in [2.24, 2.45) is 0 Å². The summed E-state index contributed by atoms with van der Waals surface area (Å²) in [4.78, 5) is 33.9. The lowest BCUT2D eigenvalue weighted by Gasteiger charge is -2.33. The molecule has 0 N–H and O–H groups in total. The van der Waals surface area contributed by atoms with Crippen LogP contribution < -0.4 is 5.69 Å². The second-order valence-electron chi connectivity index (χ2n) is 7.97. The maximum absolute atomic E-state index is 13.2. The Morgan fingerprint density at radius 3 is 2.74 bits per heavy atom. The van der Waals surface area contributed by atoms with Crippen molar-refractivity contribution in [1.82, 2.24) is 19.0 Å². The Bertz CT molecular complexity index is 1240. The van der Waals surface area contributed by atoms with Crippen LogP contribution in [0.1, 0.15) is 29.2 Å². The molecular formula is C24H24N4O2S. The van der Waals surface area contributed by atoms with Crippen LogP contribution in [-0.4, -0.2) is 38.0 Å². The molecule has 5 rings (SSSR count). The molecule has 0 radical (unpaired) electrons. The molecule has 4 aromatic rings. The van der Waals surface area contributed by atoms with Gasteiger partial charge in [-0.2, -0.15) is 0 Å². The third-order valence-corrected chi connectivity index (χ3v) is 6.87. The van der Waals surface area contributed by atoms with Crippen molar-refractivity contribution in [3.8, 4) is 0 Å². The van der Waals surface area contributed by atoms with Gasteiger partial charge in [0.2, 0.25) is 5.91 Å². The molecule has 31 heavy (non-hydrogen) atoms. The normalized spacial score (nSPS) is 16.6. The quantitative estimate of drug-likeness (QED) is 0.483. The van der Waals surface area contributed by atoms with E-state index in [-0.39, 0.29) is 18.1 Å². The summed E-state index contributed by atoms with van der Waals surface area (Å²) in [5.41, 5.74) is 2.41. The summed E-state index contributed by atoms with van der Waals surface area (Å²) in [6, 6.07) is 18.0. The number of thiophene rings is 1. The highest BCUT2D eigenvalue weighted by Crippen LogP contribution is 2.27. The Morgan fingerprint density at radius 1 is 1.06 bits per heavy atom. The molecule has 0 spiro atoms. The molecule has 7 heteroatoms. The minimum atomic E-state index is -0.188. The van der Waals surface area contributed by atoms with Crippen LogP contribution in [-0.2, 0) is 17.9 Å². The number of hydrogen-bond acceptors (Lipinski definition) is 4. The minimum Gasteiger partial charge on any atom is -0.341 e. The van der Waals surface area contributed by atoms with Gasteiger partial charge in [-0.3, -0.25) is 13.9 Å². The van der Waals surface area contributed by atoms with Gasteiger partial charge in [0.15, 0.2) is 5.65 Å². The van der Waals surface area contributed by atoms with E-state index in [4.69, 9.17) is 0 Å². The van der Waals surface area contributed by atoms with Gasteiger partial charge >= 0.3 is 5.69 Å². The first-order chi connectivity index (χ1) is 15.2. The molecule has 3 aromatic heterocycles. The predicted molar refractivity (Wildman–Crippen MR) is 122 cm³/mol. The number of carbonyl (C=O) groups is 1. The van der Waals surface area contributed by atoms with E-state index >= 15 is 0 Å². The van der Waals surface area contributed by atoms with Crippen molar-refractivity contribution in [2.75, 3.05) is 13.1 Å². The smallest absolute Gasteiger partial charge is 0.331 e. The molecular weight excluding hydrogens is 408 g/mol. The number of carbonyl (C=O) groups excluding carboxylic acids is 1. The first kappa shape index (κ1) is 19.8. The van der Waals surface area contributed by atoms with Crippen molar-refractivity contribution in [1.29, 1.82) is 0 Å². The molecule has 0 aliphatic carbocycles. The van der Waals surface area contributed by atoms with Crippen molar-refractivity contribution in [3.63, 3.8) is 0 Å². The molecule has 1 amide bonds. The third-order valence-electron chi connectivity index (χ3n) is 6.01. The fraction of sp³-hybridized carbons (Fsp3) is 0.292. The lowest BCUT2D eigenvalue weighted by atomic mass is 9.90. The first-order valence-corrected chi connectivity index (χ1v) is 11.5. The van der Waals surface area contributed by atoms with Crippen molar-refractivity contribution >= 4 is 28.4 Å². The Morgan fingerprint density at radius 2 is 1.94 bits per heavy atom. The average Bonchev–Trinajstić information content (AvgIpc) is 3.43. The highest BCUT2D eigenvalue weighted by atomic mass is 32.1. The van der Waals surface area contributed by atoms with E-state index in [2.05, 4.69) is 17.1 Å². The molecule has 1 saturated heterocycles. The number of rotatable bonds is 5. The SMILES string of the molecule is O=C(Cn1c(=O)n(Cc2cccs2)c2ncccc21)N1CCC[C@@H](c2ccccc2)C1. The minimum absolute atomic E-state index is 0.0123. The van der Waals surface area contributed by atoms with Crippen LogP contribution in [0.15, 0.2) is 71.0 Å². The summed E-state index contributed by atoms with van der Waals surface area (Å²) in [5, 5.41) is 2.00. The zero-order valence-corrected chi connectivity index (χ0v) is 18.0. The van der Waals surface area contributed by atoms with E-state index in [1.54, 1.807) is 26.7 Å². The number of nitrogens with zero attached hydrogens (tertiary/aromatic N) is 4. The number of pyridine rings is 1. The topological polar surface area (TPSA) is 60.1 Å². The number of fused-ring (bicyclic) bond motifs is 1. The van der Waals surface area contributed by atoms with Crippen LogP contribution in [0.5, 0.6) is 0 Å². The van der Waals surface area contributed by atoms with Gasteiger partial charge < -0.3 is 4.90 Å². The van der Waals surface area contributed by atoms with Gasteiger partial charge in [-0.25, -0.2) is 9.78 Å². The number of aromatic nitrogens is 3. The van der Waals surface area contributed by atoms with Crippen LogP contribution in [0, 0.1) is 0 Å². The number of imidazole rings is 1. The molecule has 158 valence electrons.